The van der Waals surface area contributed by atoms with Crippen LogP contribution in [0.25, 0.3) is 0 Å². The van der Waals surface area contributed by atoms with E-state index in [1.807, 2.05) is 4.90 Å². The molecule has 4 atom stereocenters. The third kappa shape index (κ3) is 3.75. The maximum Gasteiger partial charge on any atom is 0.317 e. The van der Waals surface area contributed by atoms with E-state index in [0.717, 1.165) is 11.8 Å². The lowest BCUT2D eigenvalue weighted by molar-refractivity contribution is 0.0661. The van der Waals surface area contributed by atoms with Crippen LogP contribution in [0.15, 0.2) is 24.3 Å². The molecule has 3 amide bonds. The van der Waals surface area contributed by atoms with Crippen LogP contribution in [0.2, 0.25) is 0 Å². The molecule has 1 aromatic rings. The first-order valence-electron chi connectivity index (χ1n) is 10.1. The molecular weight excluding hydrogens is 342 g/mol. The van der Waals surface area contributed by atoms with Gasteiger partial charge in [0, 0.05) is 37.8 Å². The van der Waals surface area contributed by atoms with E-state index in [-0.39, 0.29) is 23.7 Å². The Morgan fingerprint density at radius 2 is 1.70 bits per heavy atom. The third-order valence-corrected chi connectivity index (χ3v) is 6.75. The summed E-state index contributed by atoms with van der Waals surface area (Å²) in [6, 6.07) is 6.54. The van der Waals surface area contributed by atoms with E-state index in [1.165, 1.54) is 37.8 Å². The highest BCUT2D eigenvalue weighted by Gasteiger charge is 2.42. The summed E-state index contributed by atoms with van der Waals surface area (Å²) in [6.07, 6.45) is 5.32. The molecule has 27 heavy (non-hydrogen) atoms. The van der Waals surface area contributed by atoms with Gasteiger partial charge in [0.2, 0.25) is 0 Å². The Hall–Kier alpha value is -2.24. The molecule has 2 bridgehead atoms. The van der Waals surface area contributed by atoms with Crippen molar-refractivity contribution in [3.8, 4) is 5.75 Å². The van der Waals surface area contributed by atoms with Crippen molar-refractivity contribution in [3.05, 3.63) is 29.8 Å². The minimum absolute atomic E-state index is 0.00186. The van der Waals surface area contributed by atoms with Crippen molar-refractivity contribution < 1.29 is 14.7 Å². The van der Waals surface area contributed by atoms with Gasteiger partial charge in [-0.3, -0.25) is 4.79 Å². The minimum Gasteiger partial charge on any atom is -0.508 e. The second kappa shape index (κ2) is 7.41. The Labute approximate surface area is 160 Å². The number of nitrogens with zero attached hydrogens (tertiary/aromatic N) is 2. The van der Waals surface area contributed by atoms with Gasteiger partial charge >= 0.3 is 6.03 Å². The number of carbonyl (C=O) groups is 2. The fourth-order valence-electron chi connectivity index (χ4n) is 5.20. The molecule has 6 nitrogen and oxygen atoms in total. The fourth-order valence-corrected chi connectivity index (χ4v) is 5.20. The first-order chi connectivity index (χ1) is 13.0. The molecule has 1 aliphatic heterocycles. The van der Waals surface area contributed by atoms with Crippen LogP contribution in [0.4, 0.5) is 4.79 Å². The van der Waals surface area contributed by atoms with Crippen LogP contribution >= 0.6 is 0 Å². The lowest BCUT2D eigenvalue weighted by atomic mass is 9.84. The Kier molecular flexibility index (Phi) is 4.98. The van der Waals surface area contributed by atoms with Crippen molar-refractivity contribution in [2.75, 3.05) is 26.2 Å². The summed E-state index contributed by atoms with van der Waals surface area (Å²) in [5.41, 5.74) is 0.565. The van der Waals surface area contributed by atoms with Gasteiger partial charge in [0.05, 0.1) is 0 Å². The Morgan fingerprint density at radius 1 is 1.04 bits per heavy atom. The number of phenols is 1. The summed E-state index contributed by atoms with van der Waals surface area (Å²) in [5.74, 6) is 2.41. The average molecular weight is 371 g/mol. The topological polar surface area (TPSA) is 72.9 Å². The Balaban J connectivity index is 1.26. The van der Waals surface area contributed by atoms with Gasteiger partial charge in [-0.25, -0.2) is 4.79 Å². The third-order valence-electron chi connectivity index (χ3n) is 6.75. The number of benzene rings is 1. The molecule has 1 aromatic carbocycles. The summed E-state index contributed by atoms with van der Waals surface area (Å²) in [6.45, 7) is 4.33. The maximum absolute atomic E-state index is 12.6. The molecule has 3 fully saturated rings. The molecular formula is C21H29N3O3. The highest BCUT2D eigenvalue weighted by molar-refractivity contribution is 5.94. The fraction of sp³-hybridized carbons (Fsp3) is 0.619. The molecule has 3 aliphatic rings. The van der Waals surface area contributed by atoms with Gasteiger partial charge in [-0.15, -0.1) is 0 Å². The SMILES string of the molecule is CC(NC(=O)N1CCN(C(=O)c2ccc(O)cc2)CC1)C1CC2CCC1C2. The molecule has 2 aliphatic carbocycles. The number of piperazine rings is 1. The lowest BCUT2D eigenvalue weighted by Crippen LogP contribution is -2.55. The molecule has 1 heterocycles. The van der Waals surface area contributed by atoms with Gasteiger partial charge in [0.15, 0.2) is 0 Å². The van der Waals surface area contributed by atoms with E-state index < -0.39 is 0 Å². The summed E-state index contributed by atoms with van der Waals surface area (Å²) in [7, 11) is 0. The summed E-state index contributed by atoms with van der Waals surface area (Å²) in [5, 5.41) is 12.6. The van der Waals surface area contributed by atoms with E-state index in [2.05, 4.69) is 12.2 Å². The standard InChI is InChI=1S/C21H29N3O3/c1-14(19-13-15-2-3-17(19)12-15)22-21(27)24-10-8-23(9-11-24)20(26)16-4-6-18(25)7-5-16/h4-7,14-15,17,19,25H,2-3,8-13H2,1H3,(H,22,27). The predicted octanol–water partition coefficient (Wildman–Crippen LogP) is 2.68. The molecule has 0 aromatic heterocycles. The van der Waals surface area contributed by atoms with Crippen LogP contribution in [0.3, 0.4) is 0 Å². The highest BCUT2D eigenvalue weighted by Crippen LogP contribution is 2.49. The van der Waals surface area contributed by atoms with Crippen LogP contribution in [-0.2, 0) is 0 Å². The number of amides is 3. The second-order valence-corrected chi connectivity index (χ2v) is 8.40. The molecule has 4 unspecified atom stereocenters. The van der Waals surface area contributed by atoms with Crippen LogP contribution in [0.5, 0.6) is 5.75 Å². The second-order valence-electron chi connectivity index (χ2n) is 8.40. The number of phenolic OH excluding ortho intramolecular Hbond substituents is 1. The zero-order valence-electron chi connectivity index (χ0n) is 15.9. The minimum atomic E-state index is -0.0505. The smallest absolute Gasteiger partial charge is 0.317 e. The van der Waals surface area contributed by atoms with E-state index in [4.69, 9.17) is 0 Å². The van der Waals surface area contributed by atoms with Crippen molar-refractivity contribution in [1.29, 1.82) is 0 Å². The zero-order chi connectivity index (χ0) is 19.0. The average Bonchev–Trinajstić information content (AvgIpc) is 3.32. The Morgan fingerprint density at radius 3 is 2.30 bits per heavy atom. The van der Waals surface area contributed by atoms with E-state index in [9.17, 15) is 14.7 Å². The molecule has 2 N–H and O–H groups in total. The van der Waals surface area contributed by atoms with E-state index in [1.54, 1.807) is 17.0 Å². The monoisotopic (exact) mass is 371 g/mol. The number of rotatable bonds is 3. The number of fused-ring (bicyclic) bond motifs is 2. The first-order valence-corrected chi connectivity index (χ1v) is 10.1. The molecule has 0 spiro atoms. The van der Waals surface area contributed by atoms with Crippen molar-refractivity contribution in [2.24, 2.45) is 17.8 Å². The van der Waals surface area contributed by atoms with Gasteiger partial charge in [-0.1, -0.05) is 6.42 Å². The number of urea groups is 1. The summed E-state index contributed by atoms with van der Waals surface area (Å²) in [4.78, 5) is 28.8. The van der Waals surface area contributed by atoms with Gasteiger partial charge < -0.3 is 20.2 Å². The quantitative estimate of drug-likeness (QED) is 0.858. The highest BCUT2D eigenvalue weighted by atomic mass is 16.3. The Bertz CT molecular complexity index is 697. The summed E-state index contributed by atoms with van der Waals surface area (Å²) < 4.78 is 0. The van der Waals surface area contributed by atoms with Crippen molar-refractivity contribution in [1.82, 2.24) is 15.1 Å². The number of nitrogens with one attached hydrogen (secondary N) is 1. The van der Waals surface area contributed by atoms with Crippen molar-refractivity contribution >= 4 is 11.9 Å². The molecule has 0 radical (unpaired) electrons. The normalized spacial score (nSPS) is 28.3. The number of hydrogen-bond donors (Lipinski definition) is 2. The molecule has 146 valence electrons. The van der Waals surface area contributed by atoms with Crippen molar-refractivity contribution in [2.45, 2.75) is 38.6 Å². The number of aromatic hydroxyl groups is 1. The van der Waals surface area contributed by atoms with Gasteiger partial charge in [0.1, 0.15) is 5.75 Å². The number of carbonyl (C=O) groups excluding carboxylic acids is 2. The first kappa shape index (κ1) is 18.1. The lowest BCUT2D eigenvalue weighted by Gasteiger charge is -2.36. The van der Waals surface area contributed by atoms with Crippen molar-refractivity contribution in [3.63, 3.8) is 0 Å². The largest absolute Gasteiger partial charge is 0.508 e. The van der Waals surface area contributed by atoms with Crippen LogP contribution in [0, 0.1) is 17.8 Å². The van der Waals surface area contributed by atoms with Crippen LogP contribution in [0.1, 0.15) is 43.0 Å². The number of hydrogen-bond acceptors (Lipinski definition) is 3. The van der Waals surface area contributed by atoms with Gasteiger partial charge in [-0.2, -0.15) is 0 Å². The predicted molar refractivity (Wildman–Crippen MR) is 103 cm³/mol. The van der Waals surface area contributed by atoms with Gasteiger partial charge in [-0.05, 0) is 68.2 Å². The summed E-state index contributed by atoms with van der Waals surface area (Å²) >= 11 is 0. The zero-order valence-corrected chi connectivity index (χ0v) is 15.9. The van der Waals surface area contributed by atoms with E-state index in [0.29, 0.717) is 37.7 Å². The molecule has 4 rings (SSSR count). The molecule has 6 heteroatoms. The van der Waals surface area contributed by atoms with E-state index >= 15 is 0 Å². The maximum atomic E-state index is 12.6. The van der Waals surface area contributed by atoms with Crippen LogP contribution < -0.4 is 5.32 Å². The van der Waals surface area contributed by atoms with Gasteiger partial charge in [0.25, 0.3) is 5.91 Å². The molecule has 2 saturated carbocycles. The molecule has 1 saturated heterocycles. The van der Waals surface area contributed by atoms with Crippen LogP contribution in [-0.4, -0.2) is 59.1 Å².